The van der Waals surface area contributed by atoms with Crippen LogP contribution in [0.5, 0.6) is 0 Å². The molecule has 80 valence electrons. The average molecular weight is 205 g/mol. The molecular formula is C11H15N3O. The van der Waals surface area contributed by atoms with Crippen molar-refractivity contribution in [2.24, 2.45) is 5.73 Å². The lowest BCUT2D eigenvalue weighted by Crippen LogP contribution is -2.17. The van der Waals surface area contributed by atoms with Crippen LogP contribution in [-0.2, 0) is 6.42 Å². The van der Waals surface area contributed by atoms with Gasteiger partial charge in [-0.3, -0.25) is 4.79 Å². The van der Waals surface area contributed by atoms with E-state index in [2.05, 4.69) is 4.98 Å². The Balaban J connectivity index is 3.28. The third kappa shape index (κ3) is 2.25. The highest BCUT2D eigenvalue weighted by molar-refractivity contribution is 5.42. The Morgan fingerprint density at radius 3 is 2.67 bits per heavy atom. The van der Waals surface area contributed by atoms with Gasteiger partial charge in [0.15, 0.2) is 0 Å². The summed E-state index contributed by atoms with van der Waals surface area (Å²) in [7, 11) is 0. The summed E-state index contributed by atoms with van der Waals surface area (Å²) in [5, 5.41) is 8.85. The summed E-state index contributed by atoms with van der Waals surface area (Å²) in [6.07, 6.45) is 1.66. The molecule has 0 amide bonds. The number of hydrogen-bond donors (Lipinski definition) is 2. The van der Waals surface area contributed by atoms with Gasteiger partial charge in [0.25, 0.3) is 5.56 Å². The van der Waals surface area contributed by atoms with Crippen molar-refractivity contribution >= 4 is 0 Å². The molecule has 0 spiro atoms. The molecular weight excluding hydrogens is 190 g/mol. The highest BCUT2D eigenvalue weighted by atomic mass is 16.1. The third-order valence-corrected chi connectivity index (χ3v) is 2.55. The van der Waals surface area contributed by atoms with Crippen molar-refractivity contribution in [1.29, 1.82) is 5.26 Å². The van der Waals surface area contributed by atoms with Crippen molar-refractivity contribution in [3.8, 4) is 6.07 Å². The number of nitrogens with zero attached hydrogens (tertiary/aromatic N) is 1. The van der Waals surface area contributed by atoms with Crippen molar-refractivity contribution < 1.29 is 0 Å². The molecule has 0 saturated carbocycles. The Hall–Kier alpha value is -1.60. The third-order valence-electron chi connectivity index (χ3n) is 2.55. The molecule has 0 aliphatic carbocycles. The first-order chi connectivity index (χ1) is 7.11. The largest absolute Gasteiger partial charge is 0.330 e. The molecule has 0 atom stereocenters. The maximum atomic E-state index is 11.4. The van der Waals surface area contributed by atoms with Crippen molar-refractivity contribution in [2.75, 3.05) is 6.54 Å². The van der Waals surface area contributed by atoms with Gasteiger partial charge in [0.1, 0.15) is 11.6 Å². The topological polar surface area (TPSA) is 82.7 Å². The van der Waals surface area contributed by atoms with Gasteiger partial charge in [-0.25, -0.2) is 0 Å². The minimum absolute atomic E-state index is 0.215. The molecule has 0 radical (unpaired) electrons. The van der Waals surface area contributed by atoms with Gasteiger partial charge in [-0.1, -0.05) is 0 Å². The lowest BCUT2D eigenvalue weighted by molar-refractivity contribution is 0.812. The molecule has 4 nitrogen and oxygen atoms in total. The first-order valence-corrected chi connectivity index (χ1v) is 4.94. The monoisotopic (exact) mass is 205 g/mol. The van der Waals surface area contributed by atoms with E-state index >= 15 is 0 Å². The predicted molar refractivity (Wildman–Crippen MR) is 58.6 cm³/mol. The number of rotatable bonds is 3. The number of aromatic nitrogens is 1. The van der Waals surface area contributed by atoms with Crippen molar-refractivity contribution in [3.63, 3.8) is 0 Å². The van der Waals surface area contributed by atoms with Crippen molar-refractivity contribution in [3.05, 3.63) is 32.7 Å². The summed E-state index contributed by atoms with van der Waals surface area (Å²) >= 11 is 0. The second-order valence-corrected chi connectivity index (χ2v) is 3.56. The summed E-state index contributed by atoms with van der Waals surface area (Å²) in [6, 6.07) is 1.93. The summed E-state index contributed by atoms with van der Waals surface area (Å²) in [5.41, 5.74) is 8.01. The van der Waals surface area contributed by atoms with Gasteiger partial charge >= 0.3 is 0 Å². The molecule has 3 N–H and O–H groups in total. The fourth-order valence-corrected chi connectivity index (χ4v) is 1.70. The zero-order valence-corrected chi connectivity index (χ0v) is 9.05. The van der Waals surface area contributed by atoms with Crippen LogP contribution in [0.1, 0.15) is 28.8 Å². The van der Waals surface area contributed by atoms with Crippen LogP contribution in [-0.4, -0.2) is 11.5 Å². The van der Waals surface area contributed by atoms with Gasteiger partial charge in [-0.05, 0) is 44.4 Å². The van der Waals surface area contributed by atoms with Gasteiger partial charge in [0.05, 0.1) is 0 Å². The Morgan fingerprint density at radius 1 is 1.47 bits per heavy atom. The van der Waals surface area contributed by atoms with Crippen LogP contribution in [0.25, 0.3) is 0 Å². The van der Waals surface area contributed by atoms with Gasteiger partial charge in [0.2, 0.25) is 0 Å². The minimum atomic E-state index is -0.302. The first-order valence-electron chi connectivity index (χ1n) is 4.94. The molecule has 1 rings (SSSR count). The van der Waals surface area contributed by atoms with E-state index in [1.807, 2.05) is 19.9 Å². The zero-order chi connectivity index (χ0) is 11.4. The number of nitriles is 1. The van der Waals surface area contributed by atoms with Gasteiger partial charge in [-0.2, -0.15) is 5.26 Å². The summed E-state index contributed by atoms with van der Waals surface area (Å²) in [4.78, 5) is 14.1. The fourth-order valence-electron chi connectivity index (χ4n) is 1.70. The number of aromatic amines is 1. The van der Waals surface area contributed by atoms with Crippen molar-refractivity contribution in [2.45, 2.75) is 26.7 Å². The summed E-state index contributed by atoms with van der Waals surface area (Å²) in [6.45, 7) is 4.27. The molecule has 1 heterocycles. The number of nitrogens with two attached hydrogens (primary N) is 1. The molecule has 0 aliphatic heterocycles. The lowest BCUT2D eigenvalue weighted by atomic mass is 9.99. The van der Waals surface area contributed by atoms with Crippen molar-refractivity contribution in [1.82, 2.24) is 4.98 Å². The van der Waals surface area contributed by atoms with Crippen LogP contribution in [0.2, 0.25) is 0 Å². The average Bonchev–Trinajstić information content (AvgIpc) is 2.17. The Kier molecular flexibility index (Phi) is 3.64. The number of hydrogen-bond acceptors (Lipinski definition) is 3. The molecule has 0 fully saturated rings. The van der Waals surface area contributed by atoms with E-state index in [9.17, 15) is 4.79 Å². The van der Waals surface area contributed by atoms with Gasteiger partial charge in [0, 0.05) is 5.69 Å². The standard InChI is InChI=1S/C11H15N3O/c1-7-9(4-3-5-12)8(2)14-11(15)10(7)6-13/h3-5,12H2,1-2H3,(H,14,15). The number of nitrogens with one attached hydrogen (secondary N) is 1. The second-order valence-electron chi connectivity index (χ2n) is 3.56. The van der Waals surface area contributed by atoms with E-state index in [0.29, 0.717) is 6.54 Å². The molecule has 0 saturated heterocycles. The van der Waals surface area contributed by atoms with E-state index in [1.165, 1.54) is 0 Å². The predicted octanol–water partition coefficient (Wildman–Crippen LogP) is 0.755. The molecule has 15 heavy (non-hydrogen) atoms. The van der Waals surface area contributed by atoms with Crippen LogP contribution < -0.4 is 11.3 Å². The first kappa shape index (κ1) is 11.5. The van der Waals surface area contributed by atoms with Crippen LogP contribution in [0.15, 0.2) is 4.79 Å². The molecule has 0 bridgehead atoms. The van der Waals surface area contributed by atoms with Crippen LogP contribution in [0.4, 0.5) is 0 Å². The van der Waals surface area contributed by atoms with E-state index in [0.717, 1.165) is 29.7 Å². The Labute approximate surface area is 88.7 Å². The number of pyridine rings is 1. The molecule has 0 aliphatic rings. The minimum Gasteiger partial charge on any atom is -0.330 e. The molecule has 0 aromatic carbocycles. The quantitative estimate of drug-likeness (QED) is 0.764. The van der Waals surface area contributed by atoms with E-state index < -0.39 is 0 Å². The molecule has 0 unspecified atom stereocenters. The zero-order valence-electron chi connectivity index (χ0n) is 9.05. The SMILES string of the molecule is Cc1[nH]c(=O)c(C#N)c(C)c1CCCN. The summed E-state index contributed by atoms with van der Waals surface area (Å²) < 4.78 is 0. The Morgan fingerprint density at radius 2 is 2.13 bits per heavy atom. The normalized spacial score (nSPS) is 10.0. The molecule has 1 aromatic heterocycles. The van der Waals surface area contributed by atoms with Gasteiger partial charge < -0.3 is 10.7 Å². The maximum Gasteiger partial charge on any atom is 0.266 e. The van der Waals surface area contributed by atoms with Crippen LogP contribution in [0.3, 0.4) is 0 Å². The highest BCUT2D eigenvalue weighted by Crippen LogP contribution is 2.14. The fraction of sp³-hybridized carbons (Fsp3) is 0.455. The summed E-state index contributed by atoms with van der Waals surface area (Å²) in [5.74, 6) is 0. The number of aryl methyl sites for hydroxylation is 1. The van der Waals surface area contributed by atoms with E-state index in [-0.39, 0.29) is 11.1 Å². The van der Waals surface area contributed by atoms with Crippen LogP contribution >= 0.6 is 0 Å². The smallest absolute Gasteiger partial charge is 0.266 e. The molecule has 1 aromatic rings. The molecule has 4 heteroatoms. The van der Waals surface area contributed by atoms with E-state index in [1.54, 1.807) is 0 Å². The lowest BCUT2D eigenvalue weighted by Gasteiger charge is -2.09. The highest BCUT2D eigenvalue weighted by Gasteiger charge is 2.10. The van der Waals surface area contributed by atoms with Gasteiger partial charge in [-0.15, -0.1) is 0 Å². The maximum absolute atomic E-state index is 11.4. The Bertz CT molecular complexity index is 454. The number of H-pyrrole nitrogens is 1. The van der Waals surface area contributed by atoms with Crippen LogP contribution in [0, 0.1) is 25.2 Å². The second kappa shape index (κ2) is 4.76. The van der Waals surface area contributed by atoms with E-state index in [4.69, 9.17) is 11.0 Å².